The Bertz CT molecular complexity index is 475. The van der Waals surface area contributed by atoms with E-state index in [1.54, 1.807) is 18.3 Å². The molecule has 1 saturated heterocycles. The summed E-state index contributed by atoms with van der Waals surface area (Å²) in [6.07, 6.45) is 0.924. The van der Waals surface area contributed by atoms with E-state index in [1.165, 1.54) is 4.88 Å². The first-order valence-corrected chi connectivity index (χ1v) is 8.25. The fourth-order valence-corrected chi connectivity index (χ4v) is 3.28. The quantitative estimate of drug-likeness (QED) is 0.916. The zero-order chi connectivity index (χ0) is 15.2. The van der Waals surface area contributed by atoms with Gasteiger partial charge < -0.3 is 10.2 Å². The Morgan fingerprint density at radius 1 is 1.33 bits per heavy atom. The van der Waals surface area contributed by atoms with Crippen LogP contribution < -0.4 is 5.32 Å². The SMILES string of the molecule is CC(=O)N1CCCN(CC(=O)NC(C)c2cccs2)CC1. The van der Waals surface area contributed by atoms with E-state index in [2.05, 4.69) is 10.2 Å². The molecule has 1 aliphatic rings. The molecule has 1 aromatic rings. The molecule has 21 heavy (non-hydrogen) atoms. The van der Waals surface area contributed by atoms with Crippen LogP contribution >= 0.6 is 11.3 Å². The molecule has 2 rings (SSSR count). The summed E-state index contributed by atoms with van der Waals surface area (Å²) in [4.78, 5) is 28.6. The molecule has 2 heterocycles. The van der Waals surface area contributed by atoms with E-state index in [0.717, 1.165) is 26.1 Å². The first kappa shape index (κ1) is 16.0. The Kier molecular flexibility index (Phi) is 5.76. The van der Waals surface area contributed by atoms with E-state index in [-0.39, 0.29) is 17.9 Å². The summed E-state index contributed by atoms with van der Waals surface area (Å²) in [5.41, 5.74) is 0. The molecule has 0 aliphatic carbocycles. The second-order valence-electron chi connectivity index (χ2n) is 5.44. The van der Waals surface area contributed by atoms with Crippen molar-refractivity contribution in [1.29, 1.82) is 0 Å². The highest BCUT2D eigenvalue weighted by Crippen LogP contribution is 2.17. The second-order valence-corrected chi connectivity index (χ2v) is 6.42. The molecule has 0 spiro atoms. The van der Waals surface area contributed by atoms with Crippen molar-refractivity contribution < 1.29 is 9.59 Å². The van der Waals surface area contributed by atoms with Gasteiger partial charge in [-0.05, 0) is 24.8 Å². The monoisotopic (exact) mass is 309 g/mol. The van der Waals surface area contributed by atoms with Crippen molar-refractivity contribution in [3.8, 4) is 0 Å². The average molecular weight is 309 g/mol. The van der Waals surface area contributed by atoms with Crippen molar-refractivity contribution in [2.24, 2.45) is 0 Å². The van der Waals surface area contributed by atoms with E-state index in [9.17, 15) is 9.59 Å². The minimum Gasteiger partial charge on any atom is -0.348 e. The fourth-order valence-electron chi connectivity index (χ4n) is 2.54. The summed E-state index contributed by atoms with van der Waals surface area (Å²) < 4.78 is 0. The maximum Gasteiger partial charge on any atom is 0.234 e. The Labute approximate surface area is 129 Å². The molecule has 1 aliphatic heterocycles. The third-order valence-corrected chi connectivity index (χ3v) is 4.80. The summed E-state index contributed by atoms with van der Waals surface area (Å²) in [5.74, 6) is 0.166. The van der Waals surface area contributed by atoms with Crippen molar-refractivity contribution in [2.75, 3.05) is 32.7 Å². The number of hydrogen-bond acceptors (Lipinski definition) is 4. The highest BCUT2D eigenvalue weighted by atomic mass is 32.1. The van der Waals surface area contributed by atoms with E-state index >= 15 is 0 Å². The Morgan fingerprint density at radius 3 is 2.81 bits per heavy atom. The third-order valence-electron chi connectivity index (χ3n) is 3.75. The van der Waals surface area contributed by atoms with Crippen LogP contribution in [0.4, 0.5) is 0 Å². The van der Waals surface area contributed by atoms with E-state index in [1.807, 2.05) is 29.3 Å². The minimum absolute atomic E-state index is 0.0483. The molecule has 2 amide bonds. The van der Waals surface area contributed by atoms with Gasteiger partial charge in [0.2, 0.25) is 11.8 Å². The zero-order valence-corrected chi connectivity index (χ0v) is 13.5. The van der Waals surface area contributed by atoms with Gasteiger partial charge in [0.1, 0.15) is 0 Å². The predicted octanol–water partition coefficient (Wildman–Crippen LogP) is 1.48. The van der Waals surface area contributed by atoms with Gasteiger partial charge in [-0.1, -0.05) is 6.07 Å². The van der Waals surface area contributed by atoms with Crippen molar-refractivity contribution in [2.45, 2.75) is 26.3 Å². The largest absolute Gasteiger partial charge is 0.348 e. The number of rotatable bonds is 4. The molecular formula is C15H23N3O2S. The van der Waals surface area contributed by atoms with Crippen LogP contribution in [0.1, 0.15) is 31.2 Å². The van der Waals surface area contributed by atoms with Gasteiger partial charge in [0, 0.05) is 38.0 Å². The molecule has 0 bridgehead atoms. The lowest BCUT2D eigenvalue weighted by Gasteiger charge is -2.21. The van der Waals surface area contributed by atoms with Gasteiger partial charge in [0.15, 0.2) is 0 Å². The minimum atomic E-state index is 0.0483. The molecule has 5 nitrogen and oxygen atoms in total. The van der Waals surface area contributed by atoms with Gasteiger partial charge in [0.05, 0.1) is 12.6 Å². The average Bonchev–Trinajstić information content (AvgIpc) is 2.86. The molecule has 6 heteroatoms. The van der Waals surface area contributed by atoms with Crippen molar-refractivity contribution in [1.82, 2.24) is 15.1 Å². The Morgan fingerprint density at radius 2 is 2.14 bits per heavy atom. The first-order chi connectivity index (χ1) is 10.1. The van der Waals surface area contributed by atoms with E-state index < -0.39 is 0 Å². The lowest BCUT2D eigenvalue weighted by atomic mass is 10.2. The Hall–Kier alpha value is -1.40. The lowest BCUT2D eigenvalue weighted by Crippen LogP contribution is -2.40. The van der Waals surface area contributed by atoms with Crippen LogP contribution in [-0.2, 0) is 9.59 Å². The van der Waals surface area contributed by atoms with Gasteiger partial charge in [-0.25, -0.2) is 0 Å². The number of amides is 2. The number of carbonyl (C=O) groups excluding carboxylic acids is 2. The molecule has 0 radical (unpaired) electrons. The van der Waals surface area contributed by atoms with Crippen LogP contribution in [0.25, 0.3) is 0 Å². The molecule has 1 N–H and O–H groups in total. The molecule has 0 aromatic carbocycles. The number of nitrogens with one attached hydrogen (secondary N) is 1. The van der Waals surface area contributed by atoms with Crippen LogP contribution in [0.3, 0.4) is 0 Å². The number of carbonyl (C=O) groups is 2. The normalized spacial score (nSPS) is 18.1. The van der Waals surface area contributed by atoms with Gasteiger partial charge in [-0.2, -0.15) is 0 Å². The summed E-state index contributed by atoms with van der Waals surface area (Å²) in [7, 11) is 0. The van der Waals surface area contributed by atoms with Crippen LogP contribution in [0.5, 0.6) is 0 Å². The highest BCUT2D eigenvalue weighted by molar-refractivity contribution is 7.10. The lowest BCUT2D eigenvalue weighted by molar-refractivity contribution is -0.128. The molecule has 1 atom stereocenters. The van der Waals surface area contributed by atoms with Crippen molar-refractivity contribution in [3.05, 3.63) is 22.4 Å². The van der Waals surface area contributed by atoms with E-state index in [0.29, 0.717) is 13.1 Å². The third kappa shape index (κ3) is 4.82. The Balaban J connectivity index is 1.78. The molecule has 1 unspecified atom stereocenters. The standard InChI is InChI=1S/C15H23N3O2S/c1-12(14-5-3-10-21-14)16-15(20)11-17-6-4-7-18(9-8-17)13(2)19/h3,5,10,12H,4,6-9,11H2,1-2H3,(H,16,20). The van der Waals surface area contributed by atoms with Crippen LogP contribution in [0, 0.1) is 0 Å². The fraction of sp³-hybridized carbons (Fsp3) is 0.600. The smallest absolute Gasteiger partial charge is 0.234 e. The number of hydrogen-bond donors (Lipinski definition) is 1. The summed E-state index contributed by atoms with van der Waals surface area (Å²) in [5, 5.41) is 5.05. The molecule has 116 valence electrons. The number of thiophene rings is 1. The maximum atomic E-state index is 12.1. The molecule has 0 saturated carbocycles. The summed E-state index contributed by atoms with van der Waals surface area (Å²) >= 11 is 1.65. The van der Waals surface area contributed by atoms with Crippen LogP contribution in [-0.4, -0.2) is 54.3 Å². The predicted molar refractivity (Wildman–Crippen MR) is 84.2 cm³/mol. The highest BCUT2D eigenvalue weighted by Gasteiger charge is 2.19. The number of nitrogens with zero attached hydrogens (tertiary/aromatic N) is 2. The first-order valence-electron chi connectivity index (χ1n) is 7.37. The van der Waals surface area contributed by atoms with Gasteiger partial charge in [0.25, 0.3) is 0 Å². The molecule has 1 fully saturated rings. The van der Waals surface area contributed by atoms with Gasteiger partial charge in [-0.15, -0.1) is 11.3 Å². The second kappa shape index (κ2) is 7.56. The van der Waals surface area contributed by atoms with Gasteiger partial charge in [-0.3, -0.25) is 14.5 Å². The van der Waals surface area contributed by atoms with Gasteiger partial charge >= 0.3 is 0 Å². The van der Waals surface area contributed by atoms with Crippen molar-refractivity contribution >= 4 is 23.2 Å². The van der Waals surface area contributed by atoms with Crippen LogP contribution in [0.15, 0.2) is 17.5 Å². The topological polar surface area (TPSA) is 52.7 Å². The maximum absolute atomic E-state index is 12.1. The molecular weight excluding hydrogens is 286 g/mol. The molecule has 1 aromatic heterocycles. The summed E-state index contributed by atoms with van der Waals surface area (Å²) in [6, 6.07) is 4.08. The van der Waals surface area contributed by atoms with Crippen molar-refractivity contribution in [3.63, 3.8) is 0 Å². The zero-order valence-electron chi connectivity index (χ0n) is 12.7. The summed E-state index contributed by atoms with van der Waals surface area (Å²) in [6.45, 7) is 7.14. The van der Waals surface area contributed by atoms with Crippen LogP contribution in [0.2, 0.25) is 0 Å². The van der Waals surface area contributed by atoms with E-state index in [4.69, 9.17) is 0 Å².